The SMILES string of the molecule is CCCN(CC(=O)NC(c1ccccc1)c1nccs1)C(C)C(=O)Nc1ccccc1. The van der Waals surface area contributed by atoms with Gasteiger partial charge in [0.25, 0.3) is 0 Å². The van der Waals surface area contributed by atoms with Crippen LogP contribution < -0.4 is 10.6 Å². The van der Waals surface area contributed by atoms with Crippen LogP contribution >= 0.6 is 11.3 Å². The highest BCUT2D eigenvalue weighted by Gasteiger charge is 2.25. The van der Waals surface area contributed by atoms with Gasteiger partial charge in [-0.1, -0.05) is 55.5 Å². The second-order valence-electron chi connectivity index (χ2n) is 7.28. The van der Waals surface area contributed by atoms with Gasteiger partial charge in [0.2, 0.25) is 11.8 Å². The number of aromatic nitrogens is 1. The molecule has 0 saturated carbocycles. The van der Waals surface area contributed by atoms with Crippen LogP contribution in [-0.2, 0) is 9.59 Å². The lowest BCUT2D eigenvalue weighted by molar-refractivity contribution is -0.125. The third-order valence-corrected chi connectivity index (χ3v) is 5.80. The molecule has 0 aliphatic rings. The minimum Gasteiger partial charge on any atom is -0.342 e. The summed E-state index contributed by atoms with van der Waals surface area (Å²) in [5.74, 6) is -0.274. The van der Waals surface area contributed by atoms with E-state index in [0.29, 0.717) is 6.54 Å². The number of nitrogens with one attached hydrogen (secondary N) is 2. The molecule has 2 N–H and O–H groups in total. The van der Waals surface area contributed by atoms with Crippen molar-refractivity contribution in [2.45, 2.75) is 32.4 Å². The van der Waals surface area contributed by atoms with Gasteiger partial charge in [0.05, 0.1) is 12.6 Å². The van der Waals surface area contributed by atoms with E-state index < -0.39 is 6.04 Å². The summed E-state index contributed by atoms with van der Waals surface area (Å²) in [7, 11) is 0. The largest absolute Gasteiger partial charge is 0.342 e. The van der Waals surface area contributed by atoms with E-state index in [1.807, 2.05) is 84.8 Å². The number of nitrogens with zero attached hydrogens (tertiary/aromatic N) is 2. The van der Waals surface area contributed by atoms with Gasteiger partial charge in [-0.3, -0.25) is 14.5 Å². The fourth-order valence-electron chi connectivity index (χ4n) is 3.33. The van der Waals surface area contributed by atoms with Crippen LogP contribution in [0.3, 0.4) is 0 Å². The quantitative estimate of drug-likeness (QED) is 0.502. The van der Waals surface area contributed by atoms with Crippen molar-refractivity contribution in [2.75, 3.05) is 18.4 Å². The zero-order chi connectivity index (χ0) is 22.1. The molecule has 0 aliphatic heterocycles. The highest BCUT2D eigenvalue weighted by atomic mass is 32.1. The predicted molar refractivity (Wildman–Crippen MR) is 125 cm³/mol. The Morgan fingerprint density at radius 2 is 1.74 bits per heavy atom. The molecule has 0 saturated heterocycles. The van der Waals surface area contributed by atoms with Gasteiger partial charge >= 0.3 is 0 Å². The summed E-state index contributed by atoms with van der Waals surface area (Å²) in [5, 5.41) is 8.76. The Balaban J connectivity index is 1.68. The topological polar surface area (TPSA) is 74.3 Å². The molecule has 6 nitrogen and oxygen atoms in total. The molecule has 162 valence electrons. The molecule has 7 heteroatoms. The molecule has 2 atom stereocenters. The molecule has 0 fully saturated rings. The van der Waals surface area contributed by atoms with Crippen molar-refractivity contribution >= 4 is 28.8 Å². The van der Waals surface area contributed by atoms with Crippen LogP contribution in [0.4, 0.5) is 5.69 Å². The van der Waals surface area contributed by atoms with Crippen LogP contribution in [0.2, 0.25) is 0 Å². The normalized spacial score (nSPS) is 12.9. The van der Waals surface area contributed by atoms with Crippen LogP contribution in [0.15, 0.2) is 72.2 Å². The average molecular weight is 437 g/mol. The zero-order valence-electron chi connectivity index (χ0n) is 17.8. The molecule has 31 heavy (non-hydrogen) atoms. The summed E-state index contributed by atoms with van der Waals surface area (Å²) in [6, 6.07) is 18.4. The maximum atomic E-state index is 13.0. The Morgan fingerprint density at radius 3 is 2.35 bits per heavy atom. The zero-order valence-corrected chi connectivity index (χ0v) is 18.6. The van der Waals surface area contributed by atoms with Gasteiger partial charge in [-0.05, 0) is 37.6 Å². The maximum absolute atomic E-state index is 13.0. The minimum absolute atomic E-state index is 0.131. The van der Waals surface area contributed by atoms with Gasteiger partial charge in [-0.25, -0.2) is 4.98 Å². The fourth-order valence-corrected chi connectivity index (χ4v) is 4.05. The van der Waals surface area contributed by atoms with E-state index in [1.54, 1.807) is 6.20 Å². The van der Waals surface area contributed by atoms with Crippen molar-refractivity contribution in [1.29, 1.82) is 0 Å². The molecule has 1 heterocycles. The van der Waals surface area contributed by atoms with E-state index >= 15 is 0 Å². The Bertz CT molecular complexity index is 948. The summed E-state index contributed by atoms with van der Waals surface area (Å²) in [6.07, 6.45) is 2.58. The van der Waals surface area contributed by atoms with Crippen LogP contribution in [0.5, 0.6) is 0 Å². The van der Waals surface area contributed by atoms with E-state index in [0.717, 1.165) is 22.7 Å². The number of thiazole rings is 1. The van der Waals surface area contributed by atoms with Gasteiger partial charge in [0.1, 0.15) is 11.0 Å². The van der Waals surface area contributed by atoms with Crippen molar-refractivity contribution in [3.05, 3.63) is 82.8 Å². The van der Waals surface area contributed by atoms with Gasteiger partial charge in [0, 0.05) is 17.3 Å². The van der Waals surface area contributed by atoms with Crippen molar-refractivity contribution in [3.8, 4) is 0 Å². The molecule has 2 unspecified atom stereocenters. The predicted octanol–water partition coefficient (Wildman–Crippen LogP) is 4.09. The van der Waals surface area contributed by atoms with Gasteiger partial charge < -0.3 is 10.6 Å². The van der Waals surface area contributed by atoms with Crippen LogP contribution in [0.1, 0.15) is 36.9 Å². The van der Waals surface area contributed by atoms with Crippen LogP contribution in [0.25, 0.3) is 0 Å². The molecule has 2 aromatic carbocycles. The molecule has 0 aliphatic carbocycles. The summed E-state index contributed by atoms with van der Waals surface area (Å²) in [5.41, 5.74) is 1.72. The van der Waals surface area contributed by atoms with Gasteiger partial charge in [-0.2, -0.15) is 0 Å². The first-order valence-electron chi connectivity index (χ1n) is 10.4. The first-order chi connectivity index (χ1) is 15.1. The number of hydrogen-bond donors (Lipinski definition) is 2. The highest BCUT2D eigenvalue weighted by Crippen LogP contribution is 2.23. The Morgan fingerprint density at radius 1 is 1.06 bits per heavy atom. The third-order valence-electron chi connectivity index (χ3n) is 4.96. The smallest absolute Gasteiger partial charge is 0.241 e. The second kappa shape index (κ2) is 11.4. The molecule has 0 bridgehead atoms. The number of anilines is 1. The fraction of sp³-hybridized carbons (Fsp3) is 0.292. The molecule has 3 aromatic rings. The summed E-state index contributed by atoms with van der Waals surface area (Å²) < 4.78 is 0. The maximum Gasteiger partial charge on any atom is 0.241 e. The summed E-state index contributed by atoms with van der Waals surface area (Å²) in [6.45, 7) is 4.64. The molecule has 1 aromatic heterocycles. The summed E-state index contributed by atoms with van der Waals surface area (Å²) in [4.78, 5) is 32.0. The van der Waals surface area contributed by atoms with E-state index in [9.17, 15) is 9.59 Å². The molecule has 2 amide bonds. The van der Waals surface area contributed by atoms with Crippen molar-refractivity contribution < 1.29 is 9.59 Å². The van der Waals surface area contributed by atoms with Crippen LogP contribution in [0, 0.1) is 0 Å². The number of carbonyl (C=O) groups is 2. The molecule has 0 spiro atoms. The first kappa shape index (κ1) is 22.7. The van der Waals surface area contributed by atoms with E-state index in [2.05, 4.69) is 15.6 Å². The lowest BCUT2D eigenvalue weighted by Gasteiger charge is -2.28. The lowest BCUT2D eigenvalue weighted by atomic mass is 10.1. The molecular weight excluding hydrogens is 408 g/mol. The molecule has 3 rings (SSSR count). The van der Waals surface area contributed by atoms with E-state index in [4.69, 9.17) is 0 Å². The van der Waals surface area contributed by atoms with Crippen molar-refractivity contribution in [1.82, 2.24) is 15.2 Å². The monoisotopic (exact) mass is 436 g/mol. The Hall–Kier alpha value is -3.03. The second-order valence-corrected chi connectivity index (χ2v) is 8.21. The standard InChI is InChI=1S/C24H28N4O2S/c1-3-15-28(18(2)23(30)26-20-12-8-5-9-13-20)17-21(29)27-22(24-25-14-16-31-24)19-10-6-4-7-11-19/h4-14,16,18,22H,3,15,17H2,1-2H3,(H,26,30)(H,27,29). The molecular formula is C24H28N4O2S. The number of carbonyl (C=O) groups excluding carboxylic acids is 2. The lowest BCUT2D eigenvalue weighted by Crippen LogP contribution is -2.47. The van der Waals surface area contributed by atoms with Gasteiger partial charge in [0.15, 0.2) is 0 Å². The molecule has 0 radical (unpaired) electrons. The van der Waals surface area contributed by atoms with Gasteiger partial charge in [-0.15, -0.1) is 11.3 Å². The third kappa shape index (κ3) is 6.47. The number of amides is 2. The highest BCUT2D eigenvalue weighted by molar-refractivity contribution is 7.09. The minimum atomic E-state index is -0.444. The number of rotatable bonds is 10. The van der Waals surface area contributed by atoms with Crippen molar-refractivity contribution in [3.63, 3.8) is 0 Å². The van der Waals surface area contributed by atoms with Crippen LogP contribution in [-0.4, -0.2) is 40.8 Å². The number of benzene rings is 2. The van der Waals surface area contributed by atoms with E-state index in [1.165, 1.54) is 11.3 Å². The number of para-hydroxylation sites is 1. The number of hydrogen-bond acceptors (Lipinski definition) is 5. The average Bonchev–Trinajstić information content (AvgIpc) is 3.32. The Kier molecular flexibility index (Phi) is 8.32. The summed E-state index contributed by atoms with van der Waals surface area (Å²) >= 11 is 1.51. The van der Waals surface area contributed by atoms with E-state index in [-0.39, 0.29) is 24.4 Å². The Labute approximate surface area is 187 Å². The first-order valence-corrected chi connectivity index (χ1v) is 11.3. The van der Waals surface area contributed by atoms with Crippen molar-refractivity contribution in [2.24, 2.45) is 0 Å².